The van der Waals surface area contributed by atoms with Gasteiger partial charge < -0.3 is 14.9 Å². The van der Waals surface area contributed by atoms with Crippen LogP contribution in [0.2, 0.25) is 0 Å². The lowest BCUT2D eigenvalue weighted by molar-refractivity contribution is -0.125. The molecule has 1 unspecified atom stereocenters. The highest BCUT2D eigenvalue weighted by atomic mass is 16.3. The first kappa shape index (κ1) is 18.4. The van der Waals surface area contributed by atoms with Crippen molar-refractivity contribution in [1.29, 1.82) is 0 Å². The Morgan fingerprint density at radius 1 is 1.10 bits per heavy atom. The van der Waals surface area contributed by atoms with E-state index in [0.29, 0.717) is 25.2 Å². The Morgan fingerprint density at radius 3 is 2.77 bits per heavy atom. The molecule has 0 saturated carbocycles. The second kappa shape index (κ2) is 7.02. The number of rotatable bonds is 3. The van der Waals surface area contributed by atoms with Crippen LogP contribution >= 0.6 is 0 Å². The third kappa shape index (κ3) is 2.94. The van der Waals surface area contributed by atoms with Crippen molar-refractivity contribution >= 4 is 22.6 Å². The first-order chi connectivity index (χ1) is 14.5. The Morgan fingerprint density at radius 2 is 1.93 bits per heavy atom. The van der Waals surface area contributed by atoms with Crippen LogP contribution in [0.4, 0.5) is 0 Å². The summed E-state index contributed by atoms with van der Waals surface area (Å²) >= 11 is 0. The standard InChI is InChI=1S/C25H22N2O3/c1-2-24(29)26-10-9-19(15-26)27-14-18-8-7-17(12-23(18)25(27)30)22-13-20(28)11-16-5-3-4-6-21(16)22/h2-8,11-13,19,28H,1,9-10,14-15H2. The molecule has 0 aromatic heterocycles. The molecule has 0 aliphatic carbocycles. The molecule has 1 N–H and O–H groups in total. The highest BCUT2D eigenvalue weighted by molar-refractivity contribution is 6.02. The molecule has 0 spiro atoms. The first-order valence-electron chi connectivity index (χ1n) is 10.1. The predicted molar refractivity (Wildman–Crippen MR) is 116 cm³/mol. The summed E-state index contributed by atoms with van der Waals surface area (Å²) in [6.07, 6.45) is 2.11. The average molecular weight is 398 g/mol. The Hall–Kier alpha value is -3.60. The van der Waals surface area contributed by atoms with Crippen molar-refractivity contribution in [2.45, 2.75) is 19.0 Å². The second-order valence-corrected chi connectivity index (χ2v) is 7.95. The monoisotopic (exact) mass is 398 g/mol. The van der Waals surface area contributed by atoms with E-state index in [9.17, 15) is 14.7 Å². The normalized spacial score (nSPS) is 18.1. The van der Waals surface area contributed by atoms with Crippen LogP contribution in [0.25, 0.3) is 21.9 Å². The van der Waals surface area contributed by atoms with Crippen LogP contribution in [0.15, 0.2) is 67.3 Å². The molecule has 2 heterocycles. The molecule has 0 radical (unpaired) electrons. The van der Waals surface area contributed by atoms with E-state index in [2.05, 4.69) is 6.58 Å². The number of aromatic hydroxyl groups is 1. The number of phenolic OH excluding ortho intramolecular Hbond substituents is 1. The fourth-order valence-corrected chi connectivity index (χ4v) is 4.65. The van der Waals surface area contributed by atoms with E-state index in [1.165, 1.54) is 6.08 Å². The number of carbonyl (C=O) groups is 2. The van der Waals surface area contributed by atoms with Gasteiger partial charge in [0, 0.05) is 25.2 Å². The van der Waals surface area contributed by atoms with Gasteiger partial charge in [0.2, 0.25) is 5.91 Å². The highest BCUT2D eigenvalue weighted by Gasteiger charge is 2.37. The maximum Gasteiger partial charge on any atom is 0.254 e. The van der Waals surface area contributed by atoms with Crippen LogP contribution in [-0.2, 0) is 11.3 Å². The Balaban J connectivity index is 1.47. The summed E-state index contributed by atoms with van der Waals surface area (Å²) in [5.41, 5.74) is 3.52. The zero-order valence-corrected chi connectivity index (χ0v) is 16.5. The van der Waals surface area contributed by atoms with E-state index in [0.717, 1.165) is 33.9 Å². The van der Waals surface area contributed by atoms with Gasteiger partial charge in [-0.1, -0.05) is 43.0 Å². The molecule has 5 heteroatoms. The first-order valence-corrected chi connectivity index (χ1v) is 10.1. The molecule has 30 heavy (non-hydrogen) atoms. The van der Waals surface area contributed by atoms with Crippen molar-refractivity contribution in [2.75, 3.05) is 13.1 Å². The van der Waals surface area contributed by atoms with E-state index in [4.69, 9.17) is 0 Å². The van der Waals surface area contributed by atoms with Gasteiger partial charge in [-0.15, -0.1) is 0 Å². The fourth-order valence-electron chi connectivity index (χ4n) is 4.65. The van der Waals surface area contributed by atoms with Crippen molar-refractivity contribution in [1.82, 2.24) is 9.80 Å². The quantitative estimate of drug-likeness (QED) is 0.680. The van der Waals surface area contributed by atoms with Crippen molar-refractivity contribution in [3.63, 3.8) is 0 Å². The van der Waals surface area contributed by atoms with Crippen LogP contribution < -0.4 is 0 Å². The minimum absolute atomic E-state index is 0.00853. The van der Waals surface area contributed by atoms with E-state index < -0.39 is 0 Å². The van der Waals surface area contributed by atoms with E-state index in [1.807, 2.05) is 47.4 Å². The number of phenols is 1. The number of nitrogens with zero attached hydrogens (tertiary/aromatic N) is 2. The maximum atomic E-state index is 13.2. The Kier molecular flexibility index (Phi) is 4.31. The number of hydrogen-bond acceptors (Lipinski definition) is 3. The molecule has 0 bridgehead atoms. The molecule has 150 valence electrons. The van der Waals surface area contributed by atoms with Gasteiger partial charge in [-0.25, -0.2) is 0 Å². The lowest BCUT2D eigenvalue weighted by Gasteiger charge is -2.24. The lowest BCUT2D eigenvalue weighted by atomic mass is 9.95. The summed E-state index contributed by atoms with van der Waals surface area (Å²) in [7, 11) is 0. The van der Waals surface area contributed by atoms with Gasteiger partial charge in [0.05, 0.1) is 6.04 Å². The zero-order valence-electron chi connectivity index (χ0n) is 16.5. The van der Waals surface area contributed by atoms with E-state index in [1.54, 1.807) is 17.0 Å². The van der Waals surface area contributed by atoms with Crippen LogP contribution in [0.5, 0.6) is 5.75 Å². The van der Waals surface area contributed by atoms with Gasteiger partial charge in [0.25, 0.3) is 5.91 Å². The summed E-state index contributed by atoms with van der Waals surface area (Å²) in [5.74, 6) is 0.129. The van der Waals surface area contributed by atoms with Crippen molar-refractivity contribution in [3.8, 4) is 16.9 Å². The van der Waals surface area contributed by atoms with Gasteiger partial charge >= 0.3 is 0 Å². The number of hydrogen-bond donors (Lipinski definition) is 1. The summed E-state index contributed by atoms with van der Waals surface area (Å²) in [6.45, 7) is 5.32. The summed E-state index contributed by atoms with van der Waals surface area (Å²) in [6, 6.07) is 17.4. The fraction of sp³-hybridized carbons (Fsp3) is 0.200. The number of carbonyl (C=O) groups excluding carboxylic acids is 2. The van der Waals surface area contributed by atoms with Crippen molar-refractivity contribution < 1.29 is 14.7 Å². The van der Waals surface area contributed by atoms with Crippen LogP contribution in [0, 0.1) is 0 Å². The minimum Gasteiger partial charge on any atom is -0.508 e. The average Bonchev–Trinajstić information content (AvgIpc) is 3.37. The lowest BCUT2D eigenvalue weighted by Crippen LogP contribution is -2.38. The molecule has 2 amide bonds. The van der Waals surface area contributed by atoms with Crippen LogP contribution in [-0.4, -0.2) is 45.9 Å². The van der Waals surface area contributed by atoms with Gasteiger partial charge in [-0.2, -0.15) is 0 Å². The zero-order chi connectivity index (χ0) is 20.8. The number of amides is 2. The van der Waals surface area contributed by atoms with Crippen molar-refractivity contribution in [3.05, 3.63) is 78.4 Å². The van der Waals surface area contributed by atoms with Gasteiger partial charge in [-0.05, 0) is 58.2 Å². The molecule has 3 aromatic rings. The van der Waals surface area contributed by atoms with Crippen LogP contribution in [0.3, 0.4) is 0 Å². The minimum atomic E-state index is -0.0836. The molecular weight excluding hydrogens is 376 g/mol. The number of benzene rings is 3. The predicted octanol–water partition coefficient (Wildman–Crippen LogP) is 3.96. The smallest absolute Gasteiger partial charge is 0.254 e. The summed E-state index contributed by atoms with van der Waals surface area (Å²) in [5, 5.41) is 12.2. The molecule has 3 aromatic carbocycles. The largest absolute Gasteiger partial charge is 0.508 e. The molecule has 1 saturated heterocycles. The van der Waals surface area contributed by atoms with Gasteiger partial charge in [0.1, 0.15) is 5.75 Å². The summed E-state index contributed by atoms with van der Waals surface area (Å²) < 4.78 is 0. The number of likely N-dealkylation sites (tertiary alicyclic amines) is 1. The molecule has 1 atom stereocenters. The number of fused-ring (bicyclic) bond motifs is 2. The third-order valence-corrected chi connectivity index (χ3v) is 6.19. The molecular formula is C25H22N2O3. The Labute approximate surface area is 174 Å². The maximum absolute atomic E-state index is 13.2. The summed E-state index contributed by atoms with van der Waals surface area (Å²) in [4.78, 5) is 28.7. The topological polar surface area (TPSA) is 60.9 Å². The van der Waals surface area contributed by atoms with Crippen LogP contribution in [0.1, 0.15) is 22.3 Å². The van der Waals surface area contributed by atoms with E-state index in [-0.39, 0.29) is 23.6 Å². The molecule has 5 nitrogen and oxygen atoms in total. The molecule has 5 rings (SSSR count). The highest BCUT2D eigenvalue weighted by Crippen LogP contribution is 2.36. The van der Waals surface area contributed by atoms with Crippen molar-refractivity contribution in [2.24, 2.45) is 0 Å². The second-order valence-electron chi connectivity index (χ2n) is 7.95. The molecule has 1 fully saturated rings. The van der Waals surface area contributed by atoms with Gasteiger partial charge in [-0.3, -0.25) is 9.59 Å². The van der Waals surface area contributed by atoms with E-state index >= 15 is 0 Å². The molecule has 2 aliphatic rings. The molecule has 2 aliphatic heterocycles. The Bertz CT molecular complexity index is 1200. The SMILES string of the molecule is C=CC(=O)N1CCC(N2Cc3ccc(-c4cc(O)cc5ccccc45)cc3C2=O)C1. The van der Waals surface area contributed by atoms with Gasteiger partial charge in [0.15, 0.2) is 0 Å². The third-order valence-electron chi connectivity index (χ3n) is 6.19.